The number of nitrogens with zero attached hydrogens (tertiary/aromatic N) is 2. The number of hydrogen-bond donors (Lipinski definition) is 3. The maximum absolute atomic E-state index is 13.8. The molecule has 0 bridgehead atoms. The number of carboxylic acids is 2. The summed E-state index contributed by atoms with van der Waals surface area (Å²) in [6, 6.07) is 10.3. The van der Waals surface area contributed by atoms with Crippen LogP contribution < -0.4 is 4.90 Å². The van der Waals surface area contributed by atoms with Gasteiger partial charge >= 0.3 is 11.9 Å². The molecule has 0 radical (unpaired) electrons. The van der Waals surface area contributed by atoms with E-state index < -0.39 is 40.4 Å². The molecule has 0 aromatic heterocycles. The molecular weight excluding hydrogens is 632 g/mol. The van der Waals surface area contributed by atoms with E-state index in [-0.39, 0.29) is 28.2 Å². The number of carboxylic acid groups (broad SMARTS) is 2. The molecule has 0 saturated carbocycles. The van der Waals surface area contributed by atoms with Crippen LogP contribution in [0.5, 0.6) is 0 Å². The lowest BCUT2D eigenvalue weighted by Crippen LogP contribution is -2.35. The number of ketones is 2. The molecular formula is C41H43N2O7+. The molecule has 3 N–H and O–H groups in total. The molecule has 2 aromatic carbocycles. The van der Waals surface area contributed by atoms with Crippen molar-refractivity contribution < 1.29 is 39.1 Å². The van der Waals surface area contributed by atoms with Gasteiger partial charge in [0.15, 0.2) is 17.3 Å². The van der Waals surface area contributed by atoms with Crippen molar-refractivity contribution in [3.05, 3.63) is 117 Å². The van der Waals surface area contributed by atoms with E-state index >= 15 is 0 Å². The van der Waals surface area contributed by atoms with Crippen molar-refractivity contribution in [3.63, 3.8) is 0 Å². The summed E-state index contributed by atoms with van der Waals surface area (Å²) in [6.45, 7) is 11.4. The molecule has 9 heteroatoms. The molecule has 0 fully saturated rings. The van der Waals surface area contributed by atoms with E-state index in [1.165, 1.54) is 0 Å². The quantitative estimate of drug-likeness (QED) is 0.216. The van der Waals surface area contributed by atoms with Gasteiger partial charge in [-0.2, -0.15) is 4.58 Å². The van der Waals surface area contributed by atoms with E-state index in [1.54, 1.807) is 38.1 Å². The van der Waals surface area contributed by atoms with Crippen LogP contribution in [0.1, 0.15) is 86.2 Å². The van der Waals surface area contributed by atoms with Crippen LogP contribution in [0.15, 0.2) is 94.5 Å². The van der Waals surface area contributed by atoms with Gasteiger partial charge in [-0.25, -0.2) is 9.59 Å². The summed E-state index contributed by atoms with van der Waals surface area (Å²) in [5.74, 6) is -4.61. The van der Waals surface area contributed by atoms with Crippen molar-refractivity contribution in [3.8, 4) is 0 Å². The number of carbonyl (C=O) groups is 4. The van der Waals surface area contributed by atoms with Crippen LogP contribution in [-0.4, -0.2) is 63.2 Å². The van der Waals surface area contributed by atoms with E-state index in [1.807, 2.05) is 87.7 Å². The number of aliphatic hydroxyl groups excluding tert-OH is 1. The van der Waals surface area contributed by atoms with E-state index in [4.69, 9.17) is 0 Å². The molecule has 2 atom stereocenters. The Hall–Kier alpha value is -5.31. The fourth-order valence-corrected chi connectivity index (χ4v) is 8.13. The number of likely N-dealkylation sites (N-methyl/N-ethyl adjacent to an activating group) is 1. The third kappa shape index (κ3) is 5.18. The highest BCUT2D eigenvalue weighted by atomic mass is 16.4. The zero-order valence-corrected chi connectivity index (χ0v) is 29.7. The van der Waals surface area contributed by atoms with Crippen molar-refractivity contribution in [2.75, 3.05) is 19.0 Å². The van der Waals surface area contributed by atoms with Gasteiger partial charge in [0.1, 0.15) is 12.8 Å². The molecule has 0 spiro atoms. The van der Waals surface area contributed by atoms with Crippen molar-refractivity contribution in [2.45, 2.75) is 65.2 Å². The van der Waals surface area contributed by atoms with Crippen molar-refractivity contribution in [2.24, 2.45) is 11.8 Å². The second kappa shape index (κ2) is 11.9. The Balaban J connectivity index is 1.48. The number of benzene rings is 2. The Morgan fingerprint density at radius 2 is 1.46 bits per heavy atom. The molecule has 4 aliphatic rings. The highest BCUT2D eigenvalue weighted by Gasteiger charge is 2.45. The predicted octanol–water partition coefficient (Wildman–Crippen LogP) is 7.21. The van der Waals surface area contributed by atoms with Crippen LogP contribution in [0.3, 0.4) is 0 Å². The Morgan fingerprint density at radius 3 is 2.10 bits per heavy atom. The Kier molecular flexibility index (Phi) is 8.24. The smallest absolute Gasteiger partial charge is 0.335 e. The first-order chi connectivity index (χ1) is 23.4. The van der Waals surface area contributed by atoms with Crippen LogP contribution in [0.4, 0.5) is 11.4 Å². The monoisotopic (exact) mass is 675 g/mol. The Morgan fingerprint density at radius 1 is 0.840 bits per heavy atom. The third-order valence-corrected chi connectivity index (χ3v) is 11.2. The number of Topliss-reactive ketones (excluding diaryl/α,β-unsaturated/α-hetero) is 2. The van der Waals surface area contributed by atoms with E-state index in [2.05, 4.69) is 0 Å². The normalized spacial score (nSPS) is 24.4. The molecule has 2 unspecified atom stereocenters. The van der Waals surface area contributed by atoms with Gasteiger partial charge < -0.3 is 20.2 Å². The summed E-state index contributed by atoms with van der Waals surface area (Å²) in [5.41, 5.74) is 7.43. The van der Waals surface area contributed by atoms with Gasteiger partial charge in [0.2, 0.25) is 5.69 Å². The average Bonchev–Trinajstić information content (AvgIpc) is 3.61. The molecule has 2 aliphatic heterocycles. The van der Waals surface area contributed by atoms with E-state index in [9.17, 15) is 34.5 Å². The number of allylic oxidation sites excluding steroid dienone is 10. The summed E-state index contributed by atoms with van der Waals surface area (Å²) < 4.78 is 2.05. The zero-order chi connectivity index (χ0) is 36.6. The molecule has 2 aromatic rings. The van der Waals surface area contributed by atoms with Gasteiger partial charge in [0, 0.05) is 41.6 Å². The maximum atomic E-state index is 13.8. The van der Waals surface area contributed by atoms with Gasteiger partial charge in [-0.05, 0) is 99.2 Å². The van der Waals surface area contributed by atoms with E-state index in [0.29, 0.717) is 18.4 Å². The van der Waals surface area contributed by atoms with E-state index in [0.717, 1.165) is 45.1 Å². The van der Waals surface area contributed by atoms with Gasteiger partial charge in [-0.1, -0.05) is 26.0 Å². The zero-order valence-electron chi connectivity index (χ0n) is 29.7. The number of aromatic carboxylic acids is 2. The van der Waals surface area contributed by atoms with Crippen LogP contribution >= 0.6 is 0 Å². The number of fused-ring (bicyclic) bond motifs is 2. The number of hydrogen-bond acceptors (Lipinski definition) is 6. The Bertz CT molecular complexity index is 2120. The average molecular weight is 676 g/mol. The number of aliphatic hydroxyl groups is 1. The largest absolute Gasteiger partial charge is 0.511 e. The molecule has 9 nitrogen and oxygen atoms in total. The van der Waals surface area contributed by atoms with Gasteiger partial charge in [-0.3, -0.25) is 9.59 Å². The minimum Gasteiger partial charge on any atom is -0.511 e. The fraction of sp³-hybridized carbons (Fsp3) is 0.341. The second-order valence-corrected chi connectivity index (χ2v) is 14.8. The molecule has 2 aliphatic carbocycles. The van der Waals surface area contributed by atoms with Crippen molar-refractivity contribution >= 4 is 40.6 Å². The SMILES string of the molecule is CC1C(=O)C(C2=C(/C=C/C3=[N+](C)c4ccc(C(=O)O)cc4C3(C)C)CC/C2=C\C=C2\N(C)c3ccc(C(=O)O)cc3C2(C)C)=C(O)C(C)C1=O. The number of carbonyl (C=O) groups excluding carboxylic acids is 2. The Labute approximate surface area is 291 Å². The maximum Gasteiger partial charge on any atom is 0.335 e. The van der Waals surface area contributed by atoms with Crippen LogP contribution in [0.2, 0.25) is 0 Å². The summed E-state index contributed by atoms with van der Waals surface area (Å²) in [4.78, 5) is 52.2. The van der Waals surface area contributed by atoms with Crippen LogP contribution in [-0.2, 0) is 20.4 Å². The molecule has 6 rings (SSSR count). The summed E-state index contributed by atoms with van der Waals surface area (Å²) >= 11 is 0. The van der Waals surface area contributed by atoms with Gasteiger partial charge in [0.25, 0.3) is 0 Å². The second-order valence-electron chi connectivity index (χ2n) is 14.8. The minimum absolute atomic E-state index is 0.179. The summed E-state index contributed by atoms with van der Waals surface area (Å²) in [5, 5.41) is 30.6. The standard InChI is InChI=1S/C41H42N2O7/c1-21-35(44)22(2)37(46)34(36(21)45)33-23(13-17-31-40(3,4)27-19-25(38(47)48)11-15-29(27)42(31)7)9-10-24(33)14-18-32-41(5,6)28-20-26(39(49)50)12-16-30(28)43(32)8/h11-22H,9-10H2,1-8H3,(H2,47,48,49,50)/p+1/b23-13+,31-17+. The van der Waals surface area contributed by atoms with Crippen molar-refractivity contribution in [1.82, 2.24) is 0 Å². The summed E-state index contributed by atoms with van der Waals surface area (Å²) in [7, 11) is 3.89. The molecule has 0 amide bonds. The highest BCUT2D eigenvalue weighted by molar-refractivity contribution is 6.17. The molecule has 258 valence electrons. The third-order valence-electron chi connectivity index (χ3n) is 11.2. The highest BCUT2D eigenvalue weighted by Crippen LogP contribution is 2.48. The molecule has 0 saturated heterocycles. The first-order valence-electron chi connectivity index (χ1n) is 16.8. The first kappa shape index (κ1) is 34.5. The lowest BCUT2D eigenvalue weighted by atomic mass is 9.76. The van der Waals surface area contributed by atoms with Crippen LogP contribution in [0.25, 0.3) is 0 Å². The first-order valence-corrected chi connectivity index (χ1v) is 16.8. The molecule has 2 heterocycles. The number of rotatable bonds is 6. The fourth-order valence-electron chi connectivity index (χ4n) is 8.13. The summed E-state index contributed by atoms with van der Waals surface area (Å²) in [6.07, 6.45) is 9.16. The van der Waals surface area contributed by atoms with Gasteiger partial charge in [0.05, 0.1) is 34.0 Å². The van der Waals surface area contributed by atoms with Crippen molar-refractivity contribution in [1.29, 1.82) is 0 Å². The van der Waals surface area contributed by atoms with Gasteiger partial charge in [-0.15, -0.1) is 0 Å². The van der Waals surface area contributed by atoms with Crippen LogP contribution in [0, 0.1) is 11.8 Å². The number of anilines is 1. The lowest BCUT2D eigenvalue weighted by Gasteiger charge is -2.26. The minimum atomic E-state index is -0.987. The predicted molar refractivity (Wildman–Crippen MR) is 192 cm³/mol. The topological polar surface area (TPSA) is 135 Å². The lowest BCUT2D eigenvalue weighted by molar-refractivity contribution is -0.401. The molecule has 50 heavy (non-hydrogen) atoms.